The van der Waals surface area contributed by atoms with Crippen LogP contribution in [0.3, 0.4) is 0 Å². The smallest absolute Gasteiger partial charge is 0.384 e. The van der Waals surface area contributed by atoms with E-state index in [0.717, 1.165) is 6.07 Å². The minimum absolute atomic E-state index is 0.00294. The number of hydrogen-bond donors (Lipinski definition) is 2. The zero-order valence-electron chi connectivity index (χ0n) is 11.9. The number of alkyl halides is 3. The van der Waals surface area contributed by atoms with Gasteiger partial charge < -0.3 is 15.4 Å². The van der Waals surface area contributed by atoms with Gasteiger partial charge in [0.1, 0.15) is 5.84 Å². The molecule has 0 unspecified atom stereocenters. The van der Waals surface area contributed by atoms with Gasteiger partial charge in [-0.3, -0.25) is 5.41 Å². The van der Waals surface area contributed by atoms with E-state index in [2.05, 4.69) is 0 Å². The molecule has 0 aromatic heterocycles. The molecule has 21 heavy (non-hydrogen) atoms. The summed E-state index contributed by atoms with van der Waals surface area (Å²) in [5.74, 6) is -0.585. The molecule has 0 aliphatic carbocycles. The Morgan fingerprint density at radius 3 is 2.33 bits per heavy atom. The first-order valence-corrected chi connectivity index (χ1v) is 6.64. The molecule has 1 saturated heterocycles. The molecule has 0 saturated carbocycles. The van der Waals surface area contributed by atoms with E-state index in [0.29, 0.717) is 18.8 Å². The highest BCUT2D eigenvalue weighted by atomic mass is 19.4. The van der Waals surface area contributed by atoms with E-state index in [1.807, 2.05) is 18.7 Å². The number of rotatable bonds is 2. The molecule has 1 fully saturated rings. The molecule has 0 spiro atoms. The minimum Gasteiger partial charge on any atom is -0.384 e. The van der Waals surface area contributed by atoms with Crippen molar-refractivity contribution in [3.63, 3.8) is 0 Å². The highest BCUT2D eigenvalue weighted by Gasteiger charge is 2.34. The standard InChI is InChI=1S/C14H18F3N3O/c1-8-6-20(7-9(2)21-8)10-3-4-12(14(15,16)17)11(5-10)13(18)19/h3-5,8-9H,6-7H2,1-2H3,(H3,18,19)/t8-,9+. The maximum atomic E-state index is 12.9. The van der Waals surface area contributed by atoms with Crippen LogP contribution in [0, 0.1) is 5.41 Å². The summed E-state index contributed by atoms with van der Waals surface area (Å²) in [6, 6.07) is 3.73. The lowest BCUT2D eigenvalue weighted by atomic mass is 10.0. The van der Waals surface area contributed by atoms with E-state index >= 15 is 0 Å². The van der Waals surface area contributed by atoms with Gasteiger partial charge in [-0.1, -0.05) is 0 Å². The van der Waals surface area contributed by atoms with Gasteiger partial charge in [0.25, 0.3) is 0 Å². The molecule has 4 nitrogen and oxygen atoms in total. The first-order chi connectivity index (χ1) is 9.68. The molecule has 1 aliphatic heterocycles. The van der Waals surface area contributed by atoms with Crippen LogP contribution >= 0.6 is 0 Å². The number of halogens is 3. The molecule has 7 heteroatoms. The summed E-state index contributed by atoms with van der Waals surface area (Å²) < 4.78 is 44.4. The molecule has 2 rings (SSSR count). The van der Waals surface area contributed by atoms with Crippen LogP contribution in [0.15, 0.2) is 18.2 Å². The normalized spacial score (nSPS) is 23.2. The van der Waals surface area contributed by atoms with Crippen LogP contribution in [0.2, 0.25) is 0 Å². The van der Waals surface area contributed by atoms with Crippen molar-refractivity contribution in [3.05, 3.63) is 29.3 Å². The minimum atomic E-state index is -4.52. The van der Waals surface area contributed by atoms with Crippen molar-refractivity contribution in [2.45, 2.75) is 32.2 Å². The first-order valence-electron chi connectivity index (χ1n) is 6.64. The zero-order valence-corrected chi connectivity index (χ0v) is 11.9. The van der Waals surface area contributed by atoms with Crippen LogP contribution in [0.5, 0.6) is 0 Å². The van der Waals surface area contributed by atoms with Crippen molar-refractivity contribution in [1.82, 2.24) is 0 Å². The molecule has 1 heterocycles. The Labute approximate surface area is 121 Å². The largest absolute Gasteiger partial charge is 0.417 e. The molecule has 116 valence electrons. The topological polar surface area (TPSA) is 62.3 Å². The van der Waals surface area contributed by atoms with Gasteiger partial charge in [0, 0.05) is 24.3 Å². The second-order valence-corrected chi connectivity index (χ2v) is 5.30. The lowest BCUT2D eigenvalue weighted by Crippen LogP contribution is -2.45. The average Bonchev–Trinajstić information content (AvgIpc) is 2.35. The van der Waals surface area contributed by atoms with Crippen molar-refractivity contribution in [1.29, 1.82) is 5.41 Å². The monoisotopic (exact) mass is 301 g/mol. The van der Waals surface area contributed by atoms with E-state index in [-0.39, 0.29) is 17.8 Å². The Bertz CT molecular complexity index is 535. The second-order valence-electron chi connectivity index (χ2n) is 5.30. The number of morpholine rings is 1. The molecule has 2 atom stereocenters. The van der Waals surface area contributed by atoms with Crippen LogP contribution in [0.1, 0.15) is 25.0 Å². The van der Waals surface area contributed by atoms with E-state index in [4.69, 9.17) is 15.9 Å². The van der Waals surface area contributed by atoms with Gasteiger partial charge >= 0.3 is 6.18 Å². The summed E-state index contributed by atoms with van der Waals surface area (Å²) in [6.45, 7) is 5.01. The van der Waals surface area contributed by atoms with Crippen LogP contribution in [0.4, 0.5) is 18.9 Å². The molecular formula is C14H18F3N3O. The van der Waals surface area contributed by atoms with Crippen molar-refractivity contribution in [3.8, 4) is 0 Å². The number of hydrogen-bond acceptors (Lipinski definition) is 3. The van der Waals surface area contributed by atoms with Crippen LogP contribution < -0.4 is 10.6 Å². The molecule has 3 N–H and O–H groups in total. The number of nitrogens with two attached hydrogens (primary N) is 1. The first kappa shape index (κ1) is 15.6. The van der Waals surface area contributed by atoms with Crippen molar-refractivity contribution in [2.24, 2.45) is 5.73 Å². The van der Waals surface area contributed by atoms with Gasteiger partial charge in [-0.25, -0.2) is 0 Å². The number of ether oxygens (including phenoxy) is 1. The maximum absolute atomic E-state index is 12.9. The Morgan fingerprint density at radius 2 is 1.86 bits per heavy atom. The summed E-state index contributed by atoms with van der Waals surface area (Å²) in [5.41, 5.74) is 4.76. The Kier molecular flexibility index (Phi) is 4.13. The third kappa shape index (κ3) is 3.47. The molecular weight excluding hydrogens is 283 g/mol. The third-order valence-electron chi connectivity index (χ3n) is 3.38. The summed E-state index contributed by atoms with van der Waals surface area (Å²) in [7, 11) is 0. The average molecular weight is 301 g/mol. The number of nitrogen functional groups attached to an aromatic ring is 1. The maximum Gasteiger partial charge on any atom is 0.417 e. The van der Waals surface area contributed by atoms with Crippen LogP contribution in [-0.4, -0.2) is 31.1 Å². The van der Waals surface area contributed by atoms with E-state index in [1.54, 1.807) is 0 Å². The van der Waals surface area contributed by atoms with Gasteiger partial charge in [0.05, 0.1) is 17.8 Å². The fourth-order valence-electron chi connectivity index (χ4n) is 2.59. The summed E-state index contributed by atoms with van der Waals surface area (Å²) in [4.78, 5) is 1.95. The molecule has 0 amide bonds. The lowest BCUT2D eigenvalue weighted by Gasteiger charge is -2.37. The predicted molar refractivity (Wildman–Crippen MR) is 74.7 cm³/mol. The predicted octanol–water partition coefficient (Wildman–Crippen LogP) is 2.60. The molecule has 0 radical (unpaired) electrons. The van der Waals surface area contributed by atoms with Crippen molar-refractivity contribution >= 4 is 11.5 Å². The summed E-state index contributed by atoms with van der Waals surface area (Å²) >= 11 is 0. The van der Waals surface area contributed by atoms with Gasteiger partial charge in [-0.15, -0.1) is 0 Å². The van der Waals surface area contributed by atoms with Gasteiger partial charge in [0.2, 0.25) is 0 Å². The lowest BCUT2D eigenvalue weighted by molar-refractivity contribution is -0.137. The number of nitrogens with one attached hydrogen (secondary N) is 1. The molecule has 1 aromatic rings. The van der Waals surface area contributed by atoms with Gasteiger partial charge in [-0.2, -0.15) is 13.2 Å². The summed E-state index contributed by atoms with van der Waals surface area (Å²) in [6.07, 6.45) is -4.53. The number of benzene rings is 1. The highest BCUT2D eigenvalue weighted by molar-refractivity contribution is 5.97. The number of nitrogens with zero attached hydrogens (tertiary/aromatic N) is 1. The molecule has 0 bridgehead atoms. The Morgan fingerprint density at radius 1 is 1.29 bits per heavy atom. The van der Waals surface area contributed by atoms with Gasteiger partial charge in [-0.05, 0) is 32.0 Å². The SMILES string of the molecule is C[C@@H]1CN(c2ccc(C(F)(F)F)c(C(=N)N)c2)C[C@H](C)O1. The molecule has 1 aromatic carbocycles. The Hall–Kier alpha value is -1.76. The van der Waals surface area contributed by atoms with E-state index in [9.17, 15) is 13.2 Å². The molecule has 1 aliphatic rings. The quantitative estimate of drug-likeness (QED) is 0.652. The fourth-order valence-corrected chi connectivity index (χ4v) is 2.59. The van der Waals surface area contributed by atoms with Crippen LogP contribution in [0.25, 0.3) is 0 Å². The summed E-state index contributed by atoms with van der Waals surface area (Å²) in [5, 5.41) is 7.38. The van der Waals surface area contributed by atoms with Crippen molar-refractivity contribution in [2.75, 3.05) is 18.0 Å². The van der Waals surface area contributed by atoms with Crippen LogP contribution in [-0.2, 0) is 10.9 Å². The van der Waals surface area contributed by atoms with E-state index in [1.165, 1.54) is 12.1 Å². The van der Waals surface area contributed by atoms with E-state index < -0.39 is 17.6 Å². The highest BCUT2D eigenvalue weighted by Crippen LogP contribution is 2.34. The zero-order chi connectivity index (χ0) is 15.8. The Balaban J connectivity index is 2.38. The third-order valence-corrected chi connectivity index (χ3v) is 3.38. The number of amidine groups is 1. The van der Waals surface area contributed by atoms with Crippen molar-refractivity contribution < 1.29 is 17.9 Å². The fraction of sp³-hybridized carbons (Fsp3) is 0.500. The van der Waals surface area contributed by atoms with Gasteiger partial charge in [0.15, 0.2) is 0 Å². The second kappa shape index (κ2) is 5.55. The number of anilines is 1.